The van der Waals surface area contributed by atoms with E-state index in [1.165, 1.54) is 13.2 Å². The Hall–Kier alpha value is -2.61. The number of carbonyl (C=O) groups is 1. The lowest BCUT2D eigenvalue weighted by atomic mass is 9.90. The van der Waals surface area contributed by atoms with Gasteiger partial charge in [-0.05, 0) is 60.4 Å². The molecular formula is C19H19F4NO3. The third-order valence-corrected chi connectivity index (χ3v) is 4.23. The first-order valence-electron chi connectivity index (χ1n) is 7.99. The average molecular weight is 385 g/mol. The number of benzene rings is 2. The standard InChI is InChI=1S/C19H19F4NO3/c1-9-4-12(27-3)5-10(2)17(9)11-6-13(15(24)8-16(25)26)18(20)14(7-11)19(21,22)23/h4-7,15H,8,24H2,1-3H3,(H,25,26). The lowest BCUT2D eigenvalue weighted by molar-refractivity contribution is -0.140. The van der Waals surface area contributed by atoms with Crippen molar-refractivity contribution in [1.82, 2.24) is 0 Å². The highest BCUT2D eigenvalue weighted by atomic mass is 19.4. The Kier molecular flexibility index (Phi) is 5.79. The number of nitrogens with two attached hydrogens (primary N) is 1. The quantitative estimate of drug-likeness (QED) is 0.737. The van der Waals surface area contributed by atoms with Crippen LogP contribution in [0, 0.1) is 19.7 Å². The first-order valence-corrected chi connectivity index (χ1v) is 7.99. The van der Waals surface area contributed by atoms with Gasteiger partial charge in [-0.1, -0.05) is 0 Å². The molecule has 0 radical (unpaired) electrons. The summed E-state index contributed by atoms with van der Waals surface area (Å²) in [5, 5.41) is 8.86. The predicted octanol–water partition coefficient (Wildman–Crippen LogP) is 4.61. The van der Waals surface area contributed by atoms with Gasteiger partial charge in [-0.25, -0.2) is 4.39 Å². The zero-order chi connectivity index (χ0) is 20.5. The van der Waals surface area contributed by atoms with Crippen molar-refractivity contribution < 1.29 is 32.2 Å². The molecule has 0 aliphatic heterocycles. The molecule has 0 fully saturated rings. The summed E-state index contributed by atoms with van der Waals surface area (Å²) in [5.41, 5.74) is 5.54. The fourth-order valence-corrected chi connectivity index (χ4v) is 3.06. The van der Waals surface area contributed by atoms with Crippen LogP contribution in [0.4, 0.5) is 17.6 Å². The molecule has 0 saturated heterocycles. The van der Waals surface area contributed by atoms with Gasteiger partial charge in [-0.15, -0.1) is 0 Å². The molecule has 3 N–H and O–H groups in total. The number of methoxy groups -OCH3 is 1. The van der Waals surface area contributed by atoms with Crippen LogP contribution in [0.2, 0.25) is 0 Å². The molecule has 0 aliphatic rings. The lowest BCUT2D eigenvalue weighted by Crippen LogP contribution is -2.19. The molecule has 2 aromatic rings. The molecule has 0 saturated carbocycles. The molecule has 27 heavy (non-hydrogen) atoms. The summed E-state index contributed by atoms with van der Waals surface area (Å²) in [4.78, 5) is 10.9. The number of aryl methyl sites for hydroxylation is 2. The fraction of sp³-hybridized carbons (Fsp3) is 0.316. The second-order valence-corrected chi connectivity index (χ2v) is 6.27. The average Bonchev–Trinajstić information content (AvgIpc) is 2.53. The number of ether oxygens (including phenoxy) is 1. The first kappa shape index (κ1) is 20.7. The molecule has 8 heteroatoms. The SMILES string of the molecule is COc1cc(C)c(-c2cc(C(N)CC(=O)O)c(F)c(C(F)(F)F)c2)c(C)c1. The first-order chi connectivity index (χ1) is 12.5. The number of aliphatic carboxylic acids is 1. The van der Waals surface area contributed by atoms with E-state index in [9.17, 15) is 22.4 Å². The van der Waals surface area contributed by atoms with Crippen molar-refractivity contribution in [2.75, 3.05) is 7.11 Å². The van der Waals surface area contributed by atoms with Crippen molar-refractivity contribution in [2.45, 2.75) is 32.5 Å². The van der Waals surface area contributed by atoms with Gasteiger partial charge in [0.1, 0.15) is 11.6 Å². The van der Waals surface area contributed by atoms with Crippen molar-refractivity contribution >= 4 is 5.97 Å². The van der Waals surface area contributed by atoms with Gasteiger partial charge in [0.2, 0.25) is 0 Å². The largest absolute Gasteiger partial charge is 0.497 e. The Bertz CT molecular complexity index is 855. The number of rotatable bonds is 5. The summed E-state index contributed by atoms with van der Waals surface area (Å²) in [6.07, 6.45) is -5.65. The maximum absolute atomic E-state index is 14.5. The van der Waals surface area contributed by atoms with Gasteiger partial charge in [0.15, 0.2) is 0 Å². The van der Waals surface area contributed by atoms with Crippen LogP contribution < -0.4 is 10.5 Å². The predicted molar refractivity (Wildman–Crippen MR) is 92.0 cm³/mol. The van der Waals surface area contributed by atoms with Crippen LogP contribution >= 0.6 is 0 Å². The van der Waals surface area contributed by atoms with Gasteiger partial charge in [-0.2, -0.15) is 13.2 Å². The van der Waals surface area contributed by atoms with Crippen LogP contribution in [-0.2, 0) is 11.0 Å². The zero-order valence-electron chi connectivity index (χ0n) is 14.9. The summed E-state index contributed by atoms with van der Waals surface area (Å²) in [6.45, 7) is 3.39. The van der Waals surface area contributed by atoms with E-state index in [1.807, 2.05) is 0 Å². The minimum absolute atomic E-state index is 0.109. The molecule has 0 heterocycles. The summed E-state index contributed by atoms with van der Waals surface area (Å²) >= 11 is 0. The molecule has 1 atom stereocenters. The molecular weight excluding hydrogens is 366 g/mol. The lowest BCUT2D eigenvalue weighted by Gasteiger charge is -2.19. The molecule has 2 aromatic carbocycles. The number of halogens is 4. The minimum Gasteiger partial charge on any atom is -0.497 e. The Morgan fingerprint density at radius 3 is 2.19 bits per heavy atom. The third-order valence-electron chi connectivity index (χ3n) is 4.23. The van der Waals surface area contributed by atoms with Crippen molar-refractivity contribution in [2.24, 2.45) is 5.73 Å². The van der Waals surface area contributed by atoms with Crippen molar-refractivity contribution in [3.8, 4) is 16.9 Å². The zero-order valence-corrected chi connectivity index (χ0v) is 14.9. The molecule has 0 spiro atoms. The van der Waals surface area contributed by atoms with Gasteiger partial charge >= 0.3 is 12.1 Å². The topological polar surface area (TPSA) is 72.5 Å². The number of hydrogen-bond donors (Lipinski definition) is 2. The summed E-state index contributed by atoms with van der Waals surface area (Å²) in [7, 11) is 1.47. The minimum atomic E-state index is -4.95. The van der Waals surface area contributed by atoms with Gasteiger partial charge in [0.25, 0.3) is 0 Å². The van der Waals surface area contributed by atoms with Crippen LogP contribution in [0.1, 0.15) is 34.7 Å². The second-order valence-electron chi connectivity index (χ2n) is 6.27. The molecule has 146 valence electrons. The van der Waals surface area contributed by atoms with Gasteiger partial charge in [-0.3, -0.25) is 4.79 Å². The van der Waals surface area contributed by atoms with E-state index >= 15 is 0 Å². The van der Waals surface area contributed by atoms with E-state index in [2.05, 4.69) is 0 Å². The number of alkyl halides is 3. The van der Waals surface area contributed by atoms with Crippen LogP contribution in [0.5, 0.6) is 5.75 Å². The summed E-state index contributed by atoms with van der Waals surface area (Å²) in [5.74, 6) is -2.35. The van der Waals surface area contributed by atoms with Crippen LogP contribution in [-0.4, -0.2) is 18.2 Å². The van der Waals surface area contributed by atoms with Gasteiger partial charge in [0.05, 0.1) is 19.1 Å². The van der Waals surface area contributed by atoms with Crippen molar-refractivity contribution in [3.05, 3.63) is 52.3 Å². The van der Waals surface area contributed by atoms with E-state index in [-0.39, 0.29) is 5.56 Å². The van der Waals surface area contributed by atoms with Crippen LogP contribution in [0.3, 0.4) is 0 Å². The van der Waals surface area contributed by atoms with E-state index in [4.69, 9.17) is 15.6 Å². The molecule has 0 amide bonds. The van der Waals surface area contributed by atoms with Gasteiger partial charge in [0, 0.05) is 11.6 Å². The second kappa shape index (κ2) is 7.56. The van der Waals surface area contributed by atoms with Crippen LogP contribution in [0.15, 0.2) is 24.3 Å². The van der Waals surface area contributed by atoms with Crippen molar-refractivity contribution in [1.29, 1.82) is 0 Å². The molecule has 0 aliphatic carbocycles. The molecule has 0 bridgehead atoms. The molecule has 0 aromatic heterocycles. The van der Waals surface area contributed by atoms with E-state index in [1.54, 1.807) is 26.0 Å². The summed E-state index contributed by atoms with van der Waals surface area (Å²) < 4.78 is 59.7. The van der Waals surface area contributed by atoms with E-state index in [0.717, 1.165) is 0 Å². The Labute approximate surface area is 153 Å². The number of hydrogen-bond acceptors (Lipinski definition) is 3. The Morgan fingerprint density at radius 1 is 1.19 bits per heavy atom. The maximum atomic E-state index is 14.5. The molecule has 1 unspecified atom stereocenters. The third kappa shape index (κ3) is 4.39. The van der Waals surface area contributed by atoms with Crippen molar-refractivity contribution in [3.63, 3.8) is 0 Å². The molecule has 2 rings (SSSR count). The normalized spacial score (nSPS) is 12.7. The van der Waals surface area contributed by atoms with E-state index in [0.29, 0.717) is 28.5 Å². The number of carboxylic acid groups (broad SMARTS) is 1. The highest BCUT2D eigenvalue weighted by Crippen LogP contribution is 2.40. The summed E-state index contributed by atoms with van der Waals surface area (Å²) in [6, 6.07) is 3.78. The maximum Gasteiger partial charge on any atom is 0.419 e. The highest BCUT2D eigenvalue weighted by Gasteiger charge is 2.37. The van der Waals surface area contributed by atoms with Gasteiger partial charge < -0.3 is 15.6 Å². The Balaban J connectivity index is 2.76. The van der Waals surface area contributed by atoms with E-state index < -0.39 is 41.6 Å². The monoisotopic (exact) mass is 385 g/mol. The Morgan fingerprint density at radius 2 is 1.74 bits per heavy atom. The fourth-order valence-electron chi connectivity index (χ4n) is 3.06. The highest BCUT2D eigenvalue weighted by molar-refractivity contribution is 5.74. The number of carboxylic acids is 1. The smallest absolute Gasteiger partial charge is 0.419 e. The molecule has 4 nitrogen and oxygen atoms in total. The van der Waals surface area contributed by atoms with Crippen LogP contribution in [0.25, 0.3) is 11.1 Å².